The lowest BCUT2D eigenvalue weighted by Crippen LogP contribution is -2.29. The SMILES string of the molecule is Nc1nc2ccccc2c2c1ncn2CCCCNC(=O)Nc1ccccc1. The Balaban J connectivity index is 1.34. The molecule has 0 saturated heterocycles. The molecule has 0 aliphatic carbocycles. The number of fused-ring (bicyclic) bond motifs is 3. The highest BCUT2D eigenvalue weighted by Crippen LogP contribution is 2.27. The lowest BCUT2D eigenvalue weighted by molar-refractivity contribution is 0.252. The summed E-state index contributed by atoms with van der Waals surface area (Å²) in [5.74, 6) is 0.451. The van der Waals surface area contributed by atoms with Gasteiger partial charge in [0.2, 0.25) is 0 Å². The molecule has 0 unspecified atom stereocenters. The van der Waals surface area contributed by atoms with Crippen LogP contribution in [0.15, 0.2) is 60.9 Å². The van der Waals surface area contributed by atoms with E-state index in [9.17, 15) is 4.79 Å². The Morgan fingerprint density at radius 3 is 2.68 bits per heavy atom. The molecule has 2 heterocycles. The molecule has 4 N–H and O–H groups in total. The number of nitrogens with one attached hydrogen (secondary N) is 2. The molecule has 0 saturated carbocycles. The molecule has 2 amide bonds. The quantitative estimate of drug-likeness (QED) is 0.448. The van der Waals surface area contributed by atoms with E-state index in [1.165, 1.54) is 0 Å². The summed E-state index contributed by atoms with van der Waals surface area (Å²) >= 11 is 0. The third kappa shape index (κ3) is 3.73. The number of benzene rings is 2. The summed E-state index contributed by atoms with van der Waals surface area (Å²) in [7, 11) is 0. The number of rotatable bonds is 6. The van der Waals surface area contributed by atoms with Crippen LogP contribution in [0.3, 0.4) is 0 Å². The summed E-state index contributed by atoms with van der Waals surface area (Å²) in [6.07, 6.45) is 3.58. The summed E-state index contributed by atoms with van der Waals surface area (Å²) in [6, 6.07) is 17.1. The third-order valence-corrected chi connectivity index (χ3v) is 4.62. The van der Waals surface area contributed by atoms with Gasteiger partial charge in [-0.25, -0.2) is 14.8 Å². The summed E-state index contributed by atoms with van der Waals surface area (Å²) in [5, 5.41) is 6.74. The number of pyridine rings is 1. The monoisotopic (exact) mass is 374 g/mol. The van der Waals surface area contributed by atoms with Crippen LogP contribution in [0.2, 0.25) is 0 Å². The average Bonchev–Trinajstić information content (AvgIpc) is 3.13. The van der Waals surface area contributed by atoms with E-state index < -0.39 is 0 Å². The zero-order valence-corrected chi connectivity index (χ0v) is 15.4. The van der Waals surface area contributed by atoms with Gasteiger partial charge >= 0.3 is 6.03 Å². The molecule has 4 rings (SSSR count). The van der Waals surface area contributed by atoms with Crippen molar-refractivity contribution in [3.63, 3.8) is 0 Å². The maximum Gasteiger partial charge on any atom is 0.319 e. The van der Waals surface area contributed by atoms with Gasteiger partial charge in [-0.2, -0.15) is 0 Å². The Kier molecular flexibility index (Phi) is 5.05. The van der Waals surface area contributed by atoms with Crippen molar-refractivity contribution in [3.05, 3.63) is 60.9 Å². The second kappa shape index (κ2) is 7.96. The Morgan fingerprint density at radius 2 is 1.82 bits per heavy atom. The minimum absolute atomic E-state index is 0.191. The molecule has 142 valence electrons. The van der Waals surface area contributed by atoms with Gasteiger partial charge < -0.3 is 20.9 Å². The minimum atomic E-state index is -0.191. The van der Waals surface area contributed by atoms with Crippen LogP contribution < -0.4 is 16.4 Å². The zero-order chi connectivity index (χ0) is 19.3. The highest BCUT2D eigenvalue weighted by atomic mass is 16.2. The van der Waals surface area contributed by atoms with Crippen molar-refractivity contribution in [2.45, 2.75) is 19.4 Å². The van der Waals surface area contributed by atoms with Crippen molar-refractivity contribution < 1.29 is 4.79 Å². The van der Waals surface area contributed by atoms with Gasteiger partial charge in [-0.3, -0.25) is 0 Å². The van der Waals surface area contributed by atoms with Gasteiger partial charge in [0.1, 0.15) is 5.52 Å². The van der Waals surface area contributed by atoms with E-state index in [-0.39, 0.29) is 6.03 Å². The van der Waals surface area contributed by atoms with E-state index in [1.807, 2.05) is 60.9 Å². The van der Waals surface area contributed by atoms with E-state index in [0.29, 0.717) is 12.4 Å². The number of hydrogen-bond donors (Lipinski definition) is 3. The van der Waals surface area contributed by atoms with Crippen LogP contribution in [-0.4, -0.2) is 27.1 Å². The number of anilines is 2. The zero-order valence-electron chi connectivity index (χ0n) is 15.4. The maximum atomic E-state index is 11.9. The topological polar surface area (TPSA) is 97.9 Å². The number of aromatic nitrogens is 3. The molecule has 0 radical (unpaired) electrons. The molecule has 7 nitrogen and oxygen atoms in total. The second-order valence-corrected chi connectivity index (χ2v) is 6.60. The van der Waals surface area contributed by atoms with Crippen molar-refractivity contribution in [2.75, 3.05) is 17.6 Å². The summed E-state index contributed by atoms with van der Waals surface area (Å²) in [6.45, 7) is 1.40. The number of carbonyl (C=O) groups excluding carboxylic acids is 1. The number of urea groups is 1. The number of amides is 2. The number of unbranched alkanes of at least 4 members (excludes halogenated alkanes) is 1. The fourth-order valence-corrected chi connectivity index (χ4v) is 3.28. The van der Waals surface area contributed by atoms with Crippen molar-refractivity contribution in [3.8, 4) is 0 Å². The van der Waals surface area contributed by atoms with Crippen molar-refractivity contribution >= 4 is 39.5 Å². The molecule has 2 aromatic heterocycles. The van der Waals surface area contributed by atoms with Gasteiger partial charge in [0.15, 0.2) is 5.82 Å². The predicted octanol–water partition coefficient (Wildman–Crippen LogP) is 3.77. The first-order valence-corrected chi connectivity index (χ1v) is 9.31. The van der Waals surface area contributed by atoms with E-state index in [2.05, 4.69) is 25.2 Å². The largest absolute Gasteiger partial charge is 0.382 e. The number of carbonyl (C=O) groups is 1. The highest BCUT2D eigenvalue weighted by Gasteiger charge is 2.11. The lowest BCUT2D eigenvalue weighted by atomic mass is 10.2. The smallest absolute Gasteiger partial charge is 0.319 e. The van der Waals surface area contributed by atoms with Gasteiger partial charge in [0.25, 0.3) is 0 Å². The molecule has 0 atom stereocenters. The second-order valence-electron chi connectivity index (χ2n) is 6.60. The number of nitrogens with zero attached hydrogens (tertiary/aromatic N) is 3. The molecule has 2 aromatic carbocycles. The molecule has 7 heteroatoms. The number of para-hydroxylation sites is 2. The van der Waals surface area contributed by atoms with Crippen LogP contribution in [0.4, 0.5) is 16.3 Å². The molecule has 4 aromatic rings. The van der Waals surface area contributed by atoms with Crippen LogP contribution in [0.5, 0.6) is 0 Å². The highest BCUT2D eigenvalue weighted by molar-refractivity contribution is 6.06. The number of hydrogen-bond acceptors (Lipinski definition) is 4. The Morgan fingerprint density at radius 1 is 1.04 bits per heavy atom. The van der Waals surface area contributed by atoms with E-state index in [4.69, 9.17) is 5.73 Å². The molecule has 0 fully saturated rings. The van der Waals surface area contributed by atoms with E-state index in [0.717, 1.165) is 47.0 Å². The number of nitrogen functional groups attached to an aromatic ring is 1. The first-order chi connectivity index (χ1) is 13.7. The molecule has 28 heavy (non-hydrogen) atoms. The molecular formula is C21H22N6O. The standard InChI is InChI=1S/C21H22N6O/c22-20-18-19(16-10-4-5-11-17(16)26-20)27(14-24-18)13-7-6-12-23-21(28)25-15-8-2-1-3-9-15/h1-5,8-11,14H,6-7,12-13H2,(H2,22,26)(H2,23,25,28). The van der Waals surface area contributed by atoms with Crippen molar-refractivity contribution in [1.82, 2.24) is 19.9 Å². The number of nitrogens with two attached hydrogens (primary N) is 1. The first-order valence-electron chi connectivity index (χ1n) is 9.31. The molecule has 0 bridgehead atoms. The summed E-state index contributed by atoms with van der Waals surface area (Å²) in [5.41, 5.74) is 9.46. The summed E-state index contributed by atoms with van der Waals surface area (Å²) < 4.78 is 2.11. The van der Waals surface area contributed by atoms with Gasteiger partial charge in [-0.05, 0) is 31.0 Å². The van der Waals surface area contributed by atoms with Gasteiger partial charge in [0.05, 0.1) is 17.4 Å². The molecule has 0 aliphatic heterocycles. The average molecular weight is 374 g/mol. The fraction of sp³-hybridized carbons (Fsp3) is 0.190. The van der Waals surface area contributed by atoms with Gasteiger partial charge in [-0.15, -0.1) is 0 Å². The number of aryl methyl sites for hydroxylation is 1. The van der Waals surface area contributed by atoms with E-state index in [1.54, 1.807) is 0 Å². The normalized spacial score (nSPS) is 11.0. The van der Waals surface area contributed by atoms with Crippen LogP contribution in [0.25, 0.3) is 21.9 Å². The van der Waals surface area contributed by atoms with Gasteiger partial charge in [-0.1, -0.05) is 36.4 Å². The fourth-order valence-electron chi connectivity index (χ4n) is 3.28. The number of imidazole rings is 1. The van der Waals surface area contributed by atoms with Crippen LogP contribution in [-0.2, 0) is 6.54 Å². The summed E-state index contributed by atoms with van der Waals surface area (Å²) in [4.78, 5) is 20.8. The first kappa shape index (κ1) is 17.8. The minimum Gasteiger partial charge on any atom is -0.382 e. The Labute approximate surface area is 162 Å². The van der Waals surface area contributed by atoms with Crippen LogP contribution in [0, 0.1) is 0 Å². The van der Waals surface area contributed by atoms with E-state index >= 15 is 0 Å². The van der Waals surface area contributed by atoms with Crippen molar-refractivity contribution in [2.24, 2.45) is 0 Å². The Hall–Kier alpha value is -3.61. The van der Waals surface area contributed by atoms with Crippen LogP contribution >= 0.6 is 0 Å². The van der Waals surface area contributed by atoms with Gasteiger partial charge in [0, 0.05) is 24.2 Å². The predicted molar refractivity (Wildman–Crippen MR) is 112 cm³/mol. The lowest BCUT2D eigenvalue weighted by Gasteiger charge is -2.09. The van der Waals surface area contributed by atoms with Crippen molar-refractivity contribution in [1.29, 1.82) is 0 Å². The molecule has 0 spiro atoms. The van der Waals surface area contributed by atoms with Crippen LogP contribution in [0.1, 0.15) is 12.8 Å². The molecule has 0 aliphatic rings. The third-order valence-electron chi connectivity index (χ3n) is 4.62. The Bertz CT molecular complexity index is 1110. The molecular weight excluding hydrogens is 352 g/mol. The maximum absolute atomic E-state index is 11.9.